The van der Waals surface area contributed by atoms with Crippen molar-refractivity contribution in [3.8, 4) is 11.3 Å². The van der Waals surface area contributed by atoms with Gasteiger partial charge in [-0.05, 0) is 44.2 Å². The third-order valence-corrected chi connectivity index (χ3v) is 5.21. The van der Waals surface area contributed by atoms with E-state index < -0.39 is 0 Å². The number of anilines is 1. The minimum absolute atomic E-state index is 0.292. The minimum Gasteiger partial charge on any atom is -0.363 e. The first-order valence-electron chi connectivity index (χ1n) is 7.91. The van der Waals surface area contributed by atoms with Gasteiger partial charge in [-0.3, -0.25) is 4.79 Å². The maximum absolute atomic E-state index is 12.8. The highest BCUT2D eigenvalue weighted by molar-refractivity contribution is 7.12. The van der Waals surface area contributed by atoms with Crippen LogP contribution in [0, 0.1) is 13.8 Å². The molecule has 0 aliphatic carbocycles. The van der Waals surface area contributed by atoms with Gasteiger partial charge in [0.05, 0.1) is 16.8 Å². The van der Waals surface area contributed by atoms with Crippen molar-refractivity contribution < 1.29 is 9.32 Å². The number of nitrogens with zero attached hydrogens (tertiary/aromatic N) is 2. The number of carbonyl (C=O) groups excluding carboxylic acids is 1. The molecule has 0 saturated heterocycles. The monoisotopic (exact) mass is 383 g/mol. The van der Waals surface area contributed by atoms with Crippen LogP contribution < -0.4 is 5.32 Å². The molecular weight excluding hydrogens is 370 g/mol. The van der Waals surface area contributed by atoms with E-state index in [1.54, 1.807) is 35.6 Å². The van der Waals surface area contributed by atoms with Crippen molar-refractivity contribution in [3.05, 3.63) is 63.0 Å². The van der Waals surface area contributed by atoms with E-state index in [9.17, 15) is 4.79 Å². The Morgan fingerprint density at radius 2 is 2.04 bits per heavy atom. The van der Waals surface area contributed by atoms with Crippen LogP contribution in [0.3, 0.4) is 0 Å². The average Bonchev–Trinajstić information content (AvgIpc) is 3.23. The van der Waals surface area contributed by atoms with Crippen molar-refractivity contribution in [2.24, 2.45) is 0 Å². The molecular formula is C19H14ClN3O2S. The number of rotatable bonds is 3. The number of fused-ring (bicyclic) bond motifs is 1. The summed E-state index contributed by atoms with van der Waals surface area (Å²) in [6.07, 6.45) is 1.40. The fourth-order valence-electron chi connectivity index (χ4n) is 2.87. The van der Waals surface area contributed by atoms with E-state index in [1.807, 2.05) is 6.07 Å². The molecule has 0 saturated carbocycles. The van der Waals surface area contributed by atoms with Gasteiger partial charge in [-0.25, -0.2) is 4.98 Å². The number of aromatic nitrogens is 2. The molecule has 1 N–H and O–H groups in total. The van der Waals surface area contributed by atoms with Crippen LogP contribution in [-0.4, -0.2) is 16.0 Å². The van der Waals surface area contributed by atoms with E-state index in [1.165, 1.54) is 11.1 Å². The largest absolute Gasteiger partial charge is 0.363 e. The van der Waals surface area contributed by atoms with Crippen molar-refractivity contribution in [3.63, 3.8) is 0 Å². The average molecular weight is 384 g/mol. The molecule has 0 radical (unpaired) electrons. The van der Waals surface area contributed by atoms with Crippen molar-refractivity contribution in [1.29, 1.82) is 0 Å². The molecule has 0 bridgehead atoms. The molecule has 7 heteroatoms. The van der Waals surface area contributed by atoms with Crippen LogP contribution in [0.25, 0.3) is 22.2 Å². The molecule has 0 unspecified atom stereocenters. The van der Waals surface area contributed by atoms with Gasteiger partial charge in [0.1, 0.15) is 6.26 Å². The number of aryl methyl sites for hydroxylation is 2. The highest BCUT2D eigenvalue weighted by Crippen LogP contribution is 2.33. The van der Waals surface area contributed by atoms with E-state index in [4.69, 9.17) is 21.1 Å². The highest BCUT2D eigenvalue weighted by Gasteiger charge is 2.17. The fourth-order valence-corrected chi connectivity index (χ4v) is 3.97. The third-order valence-electron chi connectivity index (χ3n) is 4.01. The summed E-state index contributed by atoms with van der Waals surface area (Å²) in [6.45, 7) is 4.11. The van der Waals surface area contributed by atoms with Crippen LogP contribution in [0.15, 0.2) is 47.2 Å². The number of hydrogen-bond donors (Lipinski definition) is 1. The standard InChI is InChI=1S/C19H14ClN3O2S/c1-10-7-13(11(2)26-10)17-9-15(19(24)22-18-5-6-25-23-18)14-8-12(20)3-4-16(14)21-17/h3-9H,1-2H3,(H,22,23,24). The zero-order valence-electron chi connectivity index (χ0n) is 14.0. The van der Waals surface area contributed by atoms with Gasteiger partial charge >= 0.3 is 0 Å². The lowest BCUT2D eigenvalue weighted by Crippen LogP contribution is -2.13. The van der Waals surface area contributed by atoms with E-state index >= 15 is 0 Å². The second-order valence-corrected chi connectivity index (χ2v) is 7.78. The van der Waals surface area contributed by atoms with Gasteiger partial charge in [0, 0.05) is 31.8 Å². The molecule has 26 heavy (non-hydrogen) atoms. The Morgan fingerprint density at radius 3 is 2.73 bits per heavy atom. The summed E-state index contributed by atoms with van der Waals surface area (Å²) in [5.41, 5.74) is 2.98. The molecule has 0 fully saturated rings. The van der Waals surface area contributed by atoms with E-state index in [2.05, 4.69) is 30.4 Å². The van der Waals surface area contributed by atoms with Crippen LogP contribution in [0.4, 0.5) is 5.82 Å². The first-order chi connectivity index (χ1) is 12.5. The summed E-state index contributed by atoms with van der Waals surface area (Å²) in [7, 11) is 0. The van der Waals surface area contributed by atoms with Crippen LogP contribution in [0.1, 0.15) is 20.1 Å². The predicted molar refractivity (Wildman–Crippen MR) is 104 cm³/mol. The van der Waals surface area contributed by atoms with Gasteiger partial charge in [-0.1, -0.05) is 16.8 Å². The van der Waals surface area contributed by atoms with Gasteiger partial charge in [-0.2, -0.15) is 0 Å². The molecule has 0 aliphatic heterocycles. The topological polar surface area (TPSA) is 68.0 Å². The third kappa shape index (κ3) is 3.09. The molecule has 4 aromatic rings. The molecule has 3 heterocycles. The quantitative estimate of drug-likeness (QED) is 0.509. The minimum atomic E-state index is -0.292. The van der Waals surface area contributed by atoms with Crippen LogP contribution in [0.5, 0.6) is 0 Å². The van der Waals surface area contributed by atoms with Gasteiger partial charge in [0.2, 0.25) is 0 Å². The summed E-state index contributed by atoms with van der Waals surface area (Å²) in [4.78, 5) is 19.9. The summed E-state index contributed by atoms with van der Waals surface area (Å²) < 4.78 is 4.77. The van der Waals surface area contributed by atoms with Crippen LogP contribution in [-0.2, 0) is 0 Å². The van der Waals surface area contributed by atoms with Gasteiger partial charge in [0.15, 0.2) is 5.82 Å². The van der Waals surface area contributed by atoms with E-state index in [0.29, 0.717) is 27.3 Å². The number of hydrogen-bond acceptors (Lipinski definition) is 5. The number of nitrogens with one attached hydrogen (secondary N) is 1. The Balaban J connectivity index is 1.89. The maximum Gasteiger partial charge on any atom is 0.257 e. The predicted octanol–water partition coefficient (Wildman–Crippen LogP) is 5.47. The SMILES string of the molecule is Cc1cc(-c2cc(C(=O)Nc3ccon3)c3cc(Cl)ccc3n2)c(C)s1. The smallest absolute Gasteiger partial charge is 0.257 e. The lowest BCUT2D eigenvalue weighted by molar-refractivity contribution is 0.102. The van der Waals surface area contributed by atoms with Crippen molar-refractivity contribution in [2.45, 2.75) is 13.8 Å². The summed E-state index contributed by atoms with van der Waals surface area (Å²) in [5, 5.41) is 7.70. The van der Waals surface area contributed by atoms with Crippen LogP contribution >= 0.6 is 22.9 Å². The first-order valence-corrected chi connectivity index (χ1v) is 9.10. The zero-order valence-corrected chi connectivity index (χ0v) is 15.6. The number of pyridine rings is 1. The molecule has 0 atom stereocenters. The number of carbonyl (C=O) groups is 1. The Hall–Kier alpha value is -2.70. The Bertz CT molecular complexity index is 1120. The van der Waals surface area contributed by atoms with Gasteiger partial charge in [0.25, 0.3) is 5.91 Å². The number of halogens is 1. The van der Waals surface area contributed by atoms with Crippen molar-refractivity contribution in [2.75, 3.05) is 5.32 Å². The first kappa shape index (κ1) is 16.8. The summed E-state index contributed by atoms with van der Waals surface area (Å²) in [5.74, 6) is 0.0607. The molecule has 3 aromatic heterocycles. The number of thiophene rings is 1. The van der Waals surface area contributed by atoms with Gasteiger partial charge in [-0.15, -0.1) is 11.3 Å². The molecule has 4 rings (SSSR count). The van der Waals surface area contributed by atoms with E-state index in [0.717, 1.165) is 16.1 Å². The zero-order chi connectivity index (χ0) is 18.3. The fraction of sp³-hybridized carbons (Fsp3) is 0.105. The molecule has 1 aromatic carbocycles. The summed E-state index contributed by atoms with van der Waals surface area (Å²) in [6, 6.07) is 10.8. The number of benzene rings is 1. The Morgan fingerprint density at radius 1 is 1.19 bits per heavy atom. The number of amides is 1. The molecule has 5 nitrogen and oxygen atoms in total. The lowest BCUT2D eigenvalue weighted by Gasteiger charge is -2.10. The summed E-state index contributed by atoms with van der Waals surface area (Å²) >= 11 is 7.84. The van der Waals surface area contributed by atoms with E-state index in [-0.39, 0.29) is 5.91 Å². The highest BCUT2D eigenvalue weighted by atomic mass is 35.5. The Labute approximate surface area is 158 Å². The van der Waals surface area contributed by atoms with Gasteiger partial charge < -0.3 is 9.84 Å². The Kier molecular flexibility index (Phi) is 4.22. The normalized spacial score (nSPS) is 11.0. The molecule has 1 amide bonds. The van der Waals surface area contributed by atoms with Crippen molar-refractivity contribution in [1.82, 2.24) is 10.1 Å². The lowest BCUT2D eigenvalue weighted by atomic mass is 10.0. The van der Waals surface area contributed by atoms with Crippen LogP contribution in [0.2, 0.25) is 5.02 Å². The molecule has 0 spiro atoms. The van der Waals surface area contributed by atoms with Crippen molar-refractivity contribution >= 4 is 45.6 Å². The second-order valence-electron chi connectivity index (χ2n) is 5.88. The second kappa shape index (κ2) is 6.55. The maximum atomic E-state index is 12.8. The molecule has 130 valence electrons. The molecule has 0 aliphatic rings.